The Morgan fingerprint density at radius 2 is 2.00 bits per heavy atom. The summed E-state index contributed by atoms with van der Waals surface area (Å²) in [7, 11) is 0. The van der Waals surface area contributed by atoms with Gasteiger partial charge in [-0.25, -0.2) is 0 Å². The van der Waals surface area contributed by atoms with Crippen LogP contribution in [0.25, 0.3) is 0 Å². The topological polar surface area (TPSA) is 9.23 Å². The van der Waals surface area contributed by atoms with Gasteiger partial charge in [0.2, 0.25) is 0 Å². The van der Waals surface area contributed by atoms with Crippen LogP contribution in [0.3, 0.4) is 0 Å². The standard InChI is InChI=1S/C13H15Br2F3O/c1-2-7-19-12-4-3-9(8-11(12)15)10(14)5-6-13(16,17)18/h3-4,8,10H,2,5-7H2,1H3. The fourth-order valence-corrected chi connectivity index (χ4v) is 2.52. The molecule has 1 atom stereocenters. The van der Waals surface area contributed by atoms with E-state index in [1.807, 2.05) is 6.92 Å². The van der Waals surface area contributed by atoms with Crippen molar-refractivity contribution >= 4 is 31.9 Å². The van der Waals surface area contributed by atoms with Gasteiger partial charge in [0.1, 0.15) is 5.75 Å². The van der Waals surface area contributed by atoms with Crippen LogP contribution in [0.5, 0.6) is 5.75 Å². The molecular weight excluding hydrogens is 389 g/mol. The molecule has 1 nitrogen and oxygen atoms in total. The van der Waals surface area contributed by atoms with Crippen molar-refractivity contribution in [1.29, 1.82) is 0 Å². The van der Waals surface area contributed by atoms with E-state index < -0.39 is 12.6 Å². The zero-order valence-electron chi connectivity index (χ0n) is 10.4. The van der Waals surface area contributed by atoms with Crippen LogP contribution >= 0.6 is 31.9 Å². The van der Waals surface area contributed by atoms with Crippen molar-refractivity contribution in [2.45, 2.75) is 37.2 Å². The van der Waals surface area contributed by atoms with Crippen molar-refractivity contribution in [2.75, 3.05) is 6.61 Å². The molecular formula is C13H15Br2F3O. The third-order valence-corrected chi connectivity index (χ3v) is 4.07. The summed E-state index contributed by atoms with van der Waals surface area (Å²) in [5.41, 5.74) is 0.806. The summed E-state index contributed by atoms with van der Waals surface area (Å²) in [6.07, 6.45) is -3.99. The van der Waals surface area contributed by atoms with Gasteiger partial charge in [-0.2, -0.15) is 13.2 Å². The number of rotatable bonds is 6. The summed E-state index contributed by atoms with van der Waals surface area (Å²) in [4.78, 5) is -0.314. The van der Waals surface area contributed by atoms with Crippen LogP contribution in [-0.2, 0) is 0 Å². The second-order valence-corrected chi connectivity index (χ2v) is 6.12. The summed E-state index contributed by atoms with van der Waals surface area (Å²) in [6.45, 7) is 2.62. The number of halogens is 5. The monoisotopic (exact) mass is 402 g/mol. The molecule has 0 aromatic heterocycles. The smallest absolute Gasteiger partial charge is 0.389 e. The van der Waals surface area contributed by atoms with Crippen molar-refractivity contribution < 1.29 is 17.9 Å². The lowest BCUT2D eigenvalue weighted by Crippen LogP contribution is -2.08. The molecule has 1 unspecified atom stereocenters. The molecule has 1 aromatic carbocycles. The summed E-state index contributed by atoms with van der Waals surface area (Å²) in [5, 5.41) is 0. The van der Waals surface area contributed by atoms with Crippen LogP contribution in [0.2, 0.25) is 0 Å². The predicted octanol–water partition coefficient (Wildman–Crippen LogP) is 6.02. The Morgan fingerprint density at radius 1 is 1.32 bits per heavy atom. The molecule has 0 radical (unpaired) electrons. The maximum atomic E-state index is 12.2. The third kappa shape index (κ3) is 6.17. The normalized spacial score (nSPS) is 13.4. The molecule has 19 heavy (non-hydrogen) atoms. The number of hydrogen-bond donors (Lipinski definition) is 0. The van der Waals surface area contributed by atoms with Crippen molar-refractivity contribution in [2.24, 2.45) is 0 Å². The molecule has 0 N–H and O–H groups in total. The quantitative estimate of drug-likeness (QED) is 0.528. The first-order chi connectivity index (χ1) is 8.83. The Balaban J connectivity index is 2.66. The van der Waals surface area contributed by atoms with Crippen LogP contribution in [0.1, 0.15) is 36.6 Å². The molecule has 108 valence electrons. The molecule has 0 spiro atoms. The first-order valence-corrected chi connectivity index (χ1v) is 7.67. The van der Waals surface area contributed by atoms with E-state index in [4.69, 9.17) is 4.74 Å². The van der Waals surface area contributed by atoms with Crippen LogP contribution in [-0.4, -0.2) is 12.8 Å². The van der Waals surface area contributed by atoms with Crippen LogP contribution in [0.15, 0.2) is 22.7 Å². The van der Waals surface area contributed by atoms with Gasteiger partial charge in [0.25, 0.3) is 0 Å². The average molecular weight is 404 g/mol. The van der Waals surface area contributed by atoms with Gasteiger partial charge in [-0.05, 0) is 46.5 Å². The summed E-state index contributed by atoms with van der Waals surface area (Å²) >= 11 is 6.66. The van der Waals surface area contributed by atoms with E-state index in [0.717, 1.165) is 16.5 Å². The van der Waals surface area contributed by atoms with Gasteiger partial charge in [-0.1, -0.05) is 28.9 Å². The molecule has 0 aliphatic carbocycles. The minimum Gasteiger partial charge on any atom is -0.492 e. The SMILES string of the molecule is CCCOc1ccc(C(Br)CCC(F)(F)F)cc1Br. The molecule has 0 saturated carbocycles. The lowest BCUT2D eigenvalue weighted by Gasteiger charge is -2.14. The fraction of sp³-hybridized carbons (Fsp3) is 0.538. The van der Waals surface area contributed by atoms with Crippen LogP contribution in [0, 0.1) is 0 Å². The first-order valence-electron chi connectivity index (χ1n) is 5.96. The highest BCUT2D eigenvalue weighted by atomic mass is 79.9. The van der Waals surface area contributed by atoms with Gasteiger partial charge < -0.3 is 4.74 Å². The van der Waals surface area contributed by atoms with E-state index in [1.165, 1.54) is 0 Å². The lowest BCUT2D eigenvalue weighted by atomic mass is 10.1. The maximum absolute atomic E-state index is 12.2. The second kappa shape index (κ2) is 7.53. The zero-order valence-corrected chi connectivity index (χ0v) is 13.6. The van der Waals surface area contributed by atoms with Crippen LogP contribution in [0.4, 0.5) is 13.2 Å². The number of ether oxygens (including phenoxy) is 1. The molecule has 1 aromatic rings. The highest BCUT2D eigenvalue weighted by Crippen LogP contribution is 2.36. The van der Waals surface area contributed by atoms with Gasteiger partial charge in [-0.3, -0.25) is 0 Å². The minimum absolute atomic E-state index is 0.0190. The molecule has 0 saturated heterocycles. The molecule has 0 bridgehead atoms. The van der Waals surface area contributed by atoms with E-state index in [-0.39, 0.29) is 11.2 Å². The van der Waals surface area contributed by atoms with E-state index in [9.17, 15) is 13.2 Å². The zero-order chi connectivity index (χ0) is 14.5. The molecule has 0 aliphatic rings. The van der Waals surface area contributed by atoms with E-state index in [2.05, 4.69) is 31.9 Å². The maximum Gasteiger partial charge on any atom is 0.389 e. The lowest BCUT2D eigenvalue weighted by molar-refractivity contribution is -0.135. The van der Waals surface area contributed by atoms with Crippen molar-refractivity contribution in [3.05, 3.63) is 28.2 Å². The van der Waals surface area contributed by atoms with E-state index in [1.54, 1.807) is 18.2 Å². The van der Waals surface area contributed by atoms with Crippen molar-refractivity contribution in [3.63, 3.8) is 0 Å². The predicted molar refractivity (Wildman–Crippen MR) is 76.9 cm³/mol. The Bertz CT molecular complexity index is 407. The number of alkyl halides is 4. The Labute approximate surface area is 127 Å². The molecule has 0 heterocycles. The minimum atomic E-state index is -4.12. The Hall–Kier alpha value is -0.230. The molecule has 0 amide bonds. The van der Waals surface area contributed by atoms with Gasteiger partial charge in [0, 0.05) is 11.2 Å². The van der Waals surface area contributed by atoms with E-state index >= 15 is 0 Å². The molecule has 0 aliphatic heterocycles. The number of hydrogen-bond acceptors (Lipinski definition) is 1. The van der Waals surface area contributed by atoms with Gasteiger partial charge in [0.05, 0.1) is 11.1 Å². The average Bonchev–Trinajstić information content (AvgIpc) is 2.33. The second-order valence-electron chi connectivity index (χ2n) is 4.16. The highest BCUT2D eigenvalue weighted by molar-refractivity contribution is 9.10. The first kappa shape index (κ1) is 16.8. The van der Waals surface area contributed by atoms with E-state index in [0.29, 0.717) is 12.4 Å². The third-order valence-electron chi connectivity index (χ3n) is 2.46. The summed E-state index contributed by atoms with van der Waals surface area (Å²) in [6, 6.07) is 5.35. The summed E-state index contributed by atoms with van der Waals surface area (Å²) in [5.74, 6) is 0.709. The highest BCUT2D eigenvalue weighted by Gasteiger charge is 2.28. The van der Waals surface area contributed by atoms with Gasteiger partial charge >= 0.3 is 6.18 Å². The number of benzene rings is 1. The van der Waals surface area contributed by atoms with Crippen LogP contribution < -0.4 is 4.74 Å². The van der Waals surface area contributed by atoms with Gasteiger partial charge in [0.15, 0.2) is 0 Å². The Kier molecular flexibility index (Phi) is 6.66. The van der Waals surface area contributed by atoms with Gasteiger partial charge in [-0.15, -0.1) is 0 Å². The molecule has 0 fully saturated rings. The molecule has 1 rings (SSSR count). The molecule has 6 heteroatoms. The summed E-state index contributed by atoms with van der Waals surface area (Å²) < 4.78 is 42.7. The van der Waals surface area contributed by atoms with Crippen molar-refractivity contribution in [1.82, 2.24) is 0 Å². The Morgan fingerprint density at radius 3 is 2.53 bits per heavy atom. The van der Waals surface area contributed by atoms with Crippen molar-refractivity contribution in [3.8, 4) is 5.75 Å². The largest absolute Gasteiger partial charge is 0.492 e. The fourth-order valence-electron chi connectivity index (χ4n) is 1.50.